The number of nitrogens with zero attached hydrogens (tertiary/aromatic N) is 8. The topological polar surface area (TPSA) is 177 Å². The van der Waals surface area contributed by atoms with Crippen molar-refractivity contribution >= 4 is 99.5 Å². The predicted octanol–water partition coefficient (Wildman–Crippen LogP) is 15.1. The minimum Gasteiger partial charge on any atom is -0.444 e. The third kappa shape index (κ3) is 16.1. The summed E-state index contributed by atoms with van der Waals surface area (Å²) in [5.41, 5.74) is 13.1. The van der Waals surface area contributed by atoms with E-state index in [1.165, 1.54) is 0 Å². The minimum absolute atomic E-state index is 0.0841. The highest BCUT2D eigenvalue weighted by atomic mass is 79.9. The maximum Gasteiger partial charge on any atom is 0.410 e. The fraction of sp³-hybridized carbons (Fsp3) is 0.567. The van der Waals surface area contributed by atoms with Gasteiger partial charge in [0.1, 0.15) is 24.7 Å². The van der Waals surface area contributed by atoms with Crippen LogP contribution < -0.4 is 11.1 Å². The number of benzene rings is 2. The van der Waals surface area contributed by atoms with E-state index in [0.29, 0.717) is 25.5 Å². The van der Waals surface area contributed by atoms with Gasteiger partial charge in [-0.05, 0) is 153 Å². The molecule has 440 valence electrons. The molecule has 4 aromatic heterocycles. The van der Waals surface area contributed by atoms with Crippen LogP contribution in [0.15, 0.2) is 70.1 Å². The Hall–Kier alpha value is -4.42. The maximum atomic E-state index is 12.9. The van der Waals surface area contributed by atoms with Crippen molar-refractivity contribution in [1.82, 2.24) is 38.9 Å². The molecule has 10 rings (SSSR count). The van der Waals surface area contributed by atoms with Crippen LogP contribution in [0.4, 0.5) is 15.5 Å². The standard InChI is InChI=1S/C30H42BrN5O3Si.C19H23BrClN3OSi.C11H20N2O2/c1-19-16-32-28(33-24-15-21-9-11-25(24)36(21)29(37)39-30(2,3)4)34-27(19)23-17-35(18-38-12-13-40(5,6)7)26-14-20(31)8-10-22(23)26;1-13-10-22-19(21)23-18(13)16-11-24(12-25-7-8-26(2,3)4)17-9-14(20)5-6-15(16)17;1-11(2,3)15-10(14)13-7-4-5-9(13)8(12)6-7/h8,10,14,16-17,21,24-25H,9,11-13,15,18H2,1-7H3,(H,32,33,34);5-6,9-11H,7-8,12H2,1-4H3;7-9H,4-6,12H2,1-3H3/t21-,24?,25+;;7-,8+,9+/m0.0/s1. The summed E-state index contributed by atoms with van der Waals surface area (Å²) in [6, 6.07) is 15.9. The molecule has 0 radical (unpaired) electrons. The highest BCUT2D eigenvalue weighted by molar-refractivity contribution is 9.10. The summed E-state index contributed by atoms with van der Waals surface area (Å²) in [6.45, 7) is 32.2. The monoisotopic (exact) mass is 1290 g/mol. The van der Waals surface area contributed by atoms with Gasteiger partial charge in [0.15, 0.2) is 0 Å². The molecule has 21 heteroatoms. The lowest BCUT2D eigenvalue weighted by atomic mass is 9.96. The molecule has 0 saturated carbocycles. The first-order chi connectivity index (χ1) is 37.9. The molecule has 4 aliphatic rings. The molecule has 8 heterocycles. The molecular weight excluding hydrogens is 1210 g/mol. The van der Waals surface area contributed by atoms with E-state index in [4.69, 9.17) is 41.3 Å². The Morgan fingerprint density at radius 2 is 1.14 bits per heavy atom. The number of amides is 2. The van der Waals surface area contributed by atoms with E-state index in [0.717, 1.165) is 128 Å². The van der Waals surface area contributed by atoms with E-state index in [9.17, 15) is 9.59 Å². The van der Waals surface area contributed by atoms with Gasteiger partial charge in [0, 0.05) is 103 Å². The number of aryl methyl sites for hydroxylation is 2. The minimum atomic E-state index is -1.16. The molecule has 6 aromatic rings. The average Bonchev–Trinajstić information content (AvgIpc) is 4.45. The van der Waals surface area contributed by atoms with Crippen LogP contribution in [0.3, 0.4) is 0 Å². The van der Waals surface area contributed by atoms with Crippen LogP contribution in [-0.2, 0) is 32.4 Å². The first kappa shape index (κ1) is 62.6. The molecule has 1 unspecified atom stereocenters. The summed E-state index contributed by atoms with van der Waals surface area (Å²) in [4.78, 5) is 46.8. The number of nitrogens with two attached hydrogens (primary N) is 1. The maximum absolute atomic E-state index is 12.9. The van der Waals surface area contributed by atoms with Crippen LogP contribution in [0, 0.1) is 13.8 Å². The van der Waals surface area contributed by atoms with Gasteiger partial charge in [-0.1, -0.05) is 83.3 Å². The Balaban J connectivity index is 0.000000178. The molecule has 3 N–H and O–H groups in total. The van der Waals surface area contributed by atoms with E-state index >= 15 is 0 Å². The molecule has 4 bridgehead atoms. The Morgan fingerprint density at radius 3 is 1.59 bits per heavy atom. The van der Waals surface area contributed by atoms with Crippen molar-refractivity contribution in [1.29, 1.82) is 0 Å². The number of hydrogen-bond donors (Lipinski definition) is 2. The average molecular weight is 1290 g/mol. The van der Waals surface area contributed by atoms with E-state index in [1.807, 2.05) is 77.5 Å². The molecule has 4 aliphatic heterocycles. The molecule has 2 aromatic carbocycles. The zero-order valence-electron chi connectivity index (χ0n) is 50.0. The number of ether oxygens (including phenoxy) is 4. The van der Waals surface area contributed by atoms with Gasteiger partial charge in [0.25, 0.3) is 0 Å². The summed E-state index contributed by atoms with van der Waals surface area (Å²) in [6.07, 6.45) is 13.4. The SMILES string of the molecule is CC(C)(C)OC(=O)N1[C@H]2CC[C@@H]1[C@H](N)C2.Cc1cnc(Cl)nc1-c1cn(COCC[Si](C)(C)C)c2cc(Br)ccc12.Cc1cnc(NC2C[C@@H]3CC[C@H]2N3C(=O)OC(C)(C)C)nc1-c1cn(COCC[Si](C)(C)C)c2cc(Br)ccc12. The number of halogens is 3. The van der Waals surface area contributed by atoms with Crippen molar-refractivity contribution < 1.29 is 28.5 Å². The van der Waals surface area contributed by atoms with Gasteiger partial charge >= 0.3 is 12.2 Å². The summed E-state index contributed by atoms with van der Waals surface area (Å²) in [5, 5.41) is 6.08. The fourth-order valence-electron chi connectivity index (χ4n) is 11.2. The lowest BCUT2D eigenvalue weighted by Crippen LogP contribution is -2.43. The summed E-state index contributed by atoms with van der Waals surface area (Å²) in [7, 11) is -2.25. The zero-order chi connectivity index (χ0) is 58.9. The molecule has 0 aliphatic carbocycles. The normalized spacial score (nSPS) is 20.6. The van der Waals surface area contributed by atoms with Crippen LogP contribution >= 0.6 is 43.5 Å². The largest absolute Gasteiger partial charge is 0.444 e. The highest BCUT2D eigenvalue weighted by Crippen LogP contribution is 2.42. The smallest absolute Gasteiger partial charge is 0.410 e. The lowest BCUT2D eigenvalue weighted by Gasteiger charge is -2.28. The first-order valence-corrected chi connectivity index (χ1v) is 37.9. The van der Waals surface area contributed by atoms with Crippen molar-refractivity contribution in [3.63, 3.8) is 0 Å². The first-order valence-electron chi connectivity index (χ1n) is 28.5. The Labute approximate surface area is 503 Å². The van der Waals surface area contributed by atoms with Gasteiger partial charge in [-0.15, -0.1) is 0 Å². The second kappa shape index (κ2) is 25.4. The second-order valence-corrected chi connectivity index (χ2v) is 40.1. The molecular formula is C60H85Br2ClN10O6Si2. The highest BCUT2D eigenvalue weighted by Gasteiger charge is 2.51. The summed E-state index contributed by atoms with van der Waals surface area (Å²) < 4.78 is 29.6. The summed E-state index contributed by atoms with van der Waals surface area (Å²) in [5.74, 6) is 0.590. The van der Waals surface area contributed by atoms with Gasteiger partial charge in [-0.25, -0.2) is 29.5 Å². The zero-order valence-corrected chi connectivity index (χ0v) is 55.9. The van der Waals surface area contributed by atoms with Gasteiger partial charge < -0.3 is 48.9 Å². The second-order valence-electron chi connectivity index (χ2n) is 26.7. The van der Waals surface area contributed by atoms with Crippen molar-refractivity contribution in [2.45, 2.75) is 206 Å². The van der Waals surface area contributed by atoms with Gasteiger partial charge in [0.2, 0.25) is 11.2 Å². The number of aromatic nitrogens is 6. The molecule has 6 atom stereocenters. The third-order valence-corrected chi connectivity index (χ3v) is 19.8. The molecule has 4 saturated heterocycles. The Morgan fingerprint density at radius 1 is 0.679 bits per heavy atom. The van der Waals surface area contributed by atoms with Crippen molar-refractivity contribution in [2.75, 3.05) is 18.5 Å². The number of carbonyl (C=O) groups is 2. The quantitative estimate of drug-likeness (QED) is 0.0600. The van der Waals surface area contributed by atoms with Crippen LogP contribution in [0.5, 0.6) is 0 Å². The van der Waals surface area contributed by atoms with Crippen LogP contribution in [-0.4, -0.2) is 128 Å². The fourth-order valence-corrected chi connectivity index (χ4v) is 13.6. The predicted molar refractivity (Wildman–Crippen MR) is 338 cm³/mol. The number of carbonyl (C=O) groups excluding carboxylic acids is 2. The van der Waals surface area contributed by atoms with Crippen molar-refractivity contribution in [3.05, 3.63) is 86.5 Å². The number of fused-ring (bicyclic) bond motifs is 6. The van der Waals surface area contributed by atoms with Gasteiger partial charge in [-0.3, -0.25) is 0 Å². The van der Waals surface area contributed by atoms with Crippen LogP contribution in [0.2, 0.25) is 56.7 Å². The number of anilines is 1. The van der Waals surface area contributed by atoms with E-state index < -0.39 is 27.3 Å². The van der Waals surface area contributed by atoms with Crippen LogP contribution in [0.1, 0.15) is 91.2 Å². The molecule has 4 fully saturated rings. The Bertz CT molecular complexity index is 3210. The van der Waals surface area contributed by atoms with Gasteiger partial charge in [0.05, 0.1) is 40.5 Å². The molecule has 81 heavy (non-hydrogen) atoms. The molecule has 2 amide bonds. The number of rotatable bonds is 14. The summed E-state index contributed by atoms with van der Waals surface area (Å²) >= 11 is 13.2. The van der Waals surface area contributed by atoms with E-state index in [1.54, 1.807) is 6.20 Å². The Kier molecular flexibility index (Phi) is 19.7. The van der Waals surface area contributed by atoms with Crippen molar-refractivity contribution in [2.24, 2.45) is 5.73 Å². The van der Waals surface area contributed by atoms with Crippen LogP contribution in [0.25, 0.3) is 44.3 Å². The third-order valence-electron chi connectivity index (χ3n) is 15.2. The lowest BCUT2D eigenvalue weighted by molar-refractivity contribution is 0.0202. The van der Waals surface area contributed by atoms with E-state index in [-0.39, 0.29) is 47.7 Å². The molecule has 0 spiro atoms. The number of hydrogen-bond acceptors (Lipinski definition) is 12. The van der Waals surface area contributed by atoms with Gasteiger partial charge in [-0.2, -0.15) is 0 Å². The number of nitrogens with one attached hydrogen (secondary N) is 1. The van der Waals surface area contributed by atoms with E-state index in [2.05, 4.69) is 143 Å². The molecule has 16 nitrogen and oxygen atoms in total. The van der Waals surface area contributed by atoms with Crippen molar-refractivity contribution in [3.8, 4) is 22.5 Å².